The van der Waals surface area contributed by atoms with Crippen molar-refractivity contribution in [2.45, 2.75) is 19.4 Å². The molecular formula is C14H13FN2S2. The summed E-state index contributed by atoms with van der Waals surface area (Å²) >= 11 is 7.06. The zero-order chi connectivity index (χ0) is 13.4. The van der Waals surface area contributed by atoms with E-state index in [-0.39, 0.29) is 11.9 Å². The Labute approximate surface area is 119 Å². The Hall–Kier alpha value is -1.46. The fourth-order valence-corrected chi connectivity index (χ4v) is 3.57. The number of aromatic amines is 1. The predicted molar refractivity (Wildman–Crippen MR) is 79.8 cm³/mol. The van der Waals surface area contributed by atoms with E-state index in [2.05, 4.69) is 23.4 Å². The van der Waals surface area contributed by atoms with E-state index in [1.807, 2.05) is 16.7 Å². The van der Waals surface area contributed by atoms with E-state index in [1.165, 1.54) is 10.9 Å². The number of hydrogen-bond donors (Lipinski definition) is 1. The zero-order valence-electron chi connectivity index (χ0n) is 10.4. The van der Waals surface area contributed by atoms with Crippen molar-refractivity contribution in [3.63, 3.8) is 0 Å². The lowest BCUT2D eigenvalue weighted by molar-refractivity contribution is 0.557. The van der Waals surface area contributed by atoms with Crippen LogP contribution in [0.1, 0.15) is 17.8 Å². The van der Waals surface area contributed by atoms with Crippen molar-refractivity contribution in [3.8, 4) is 0 Å². The van der Waals surface area contributed by atoms with Crippen LogP contribution in [-0.4, -0.2) is 9.55 Å². The van der Waals surface area contributed by atoms with Crippen molar-refractivity contribution in [2.24, 2.45) is 0 Å². The maximum atomic E-state index is 13.7. The third kappa shape index (κ3) is 2.24. The number of halogens is 1. The number of rotatable bonds is 3. The Morgan fingerprint density at radius 1 is 1.37 bits per heavy atom. The molecule has 0 saturated carbocycles. The number of thiophene rings is 1. The highest BCUT2D eigenvalue weighted by Crippen LogP contribution is 2.24. The van der Waals surface area contributed by atoms with Gasteiger partial charge in [-0.2, -0.15) is 0 Å². The molecule has 0 aliphatic rings. The van der Waals surface area contributed by atoms with Crippen LogP contribution in [0.2, 0.25) is 0 Å². The van der Waals surface area contributed by atoms with Gasteiger partial charge in [0.1, 0.15) is 11.3 Å². The molecule has 1 unspecified atom stereocenters. The van der Waals surface area contributed by atoms with Gasteiger partial charge in [-0.3, -0.25) is 0 Å². The van der Waals surface area contributed by atoms with Crippen molar-refractivity contribution in [1.29, 1.82) is 0 Å². The topological polar surface area (TPSA) is 20.7 Å². The second kappa shape index (κ2) is 4.90. The molecule has 0 amide bonds. The number of fused-ring (bicyclic) bond motifs is 1. The molecule has 0 fully saturated rings. The summed E-state index contributed by atoms with van der Waals surface area (Å²) in [5.41, 5.74) is 1.32. The molecule has 1 N–H and O–H groups in total. The highest BCUT2D eigenvalue weighted by atomic mass is 32.1. The maximum Gasteiger partial charge on any atom is 0.178 e. The molecule has 5 heteroatoms. The molecule has 0 saturated heterocycles. The fraction of sp³-hybridized carbons (Fsp3) is 0.214. The summed E-state index contributed by atoms with van der Waals surface area (Å²) in [6.07, 6.45) is 0.898. The number of H-pyrrole nitrogens is 1. The molecule has 0 spiro atoms. The van der Waals surface area contributed by atoms with E-state index in [9.17, 15) is 4.39 Å². The first-order valence-electron chi connectivity index (χ1n) is 6.08. The normalized spacial score (nSPS) is 12.9. The molecule has 2 heterocycles. The van der Waals surface area contributed by atoms with Crippen molar-refractivity contribution < 1.29 is 4.39 Å². The predicted octanol–water partition coefficient (Wildman–Crippen LogP) is 4.70. The first-order chi connectivity index (χ1) is 9.16. The van der Waals surface area contributed by atoms with Gasteiger partial charge in [0.05, 0.1) is 5.52 Å². The minimum absolute atomic E-state index is 0.196. The van der Waals surface area contributed by atoms with E-state index >= 15 is 0 Å². The molecule has 2 aromatic heterocycles. The van der Waals surface area contributed by atoms with Crippen LogP contribution in [-0.2, 0) is 6.42 Å². The van der Waals surface area contributed by atoms with Crippen LogP contribution in [0, 0.1) is 10.6 Å². The third-order valence-electron chi connectivity index (χ3n) is 3.22. The molecule has 1 atom stereocenters. The van der Waals surface area contributed by atoms with E-state index in [0.29, 0.717) is 10.3 Å². The van der Waals surface area contributed by atoms with Gasteiger partial charge in [0.2, 0.25) is 0 Å². The van der Waals surface area contributed by atoms with Gasteiger partial charge >= 0.3 is 0 Å². The molecule has 3 aromatic rings. The van der Waals surface area contributed by atoms with Gasteiger partial charge in [0, 0.05) is 17.3 Å². The molecule has 2 nitrogen and oxygen atoms in total. The van der Waals surface area contributed by atoms with Crippen molar-refractivity contribution >= 4 is 34.6 Å². The van der Waals surface area contributed by atoms with Gasteiger partial charge < -0.3 is 9.55 Å². The van der Waals surface area contributed by atoms with Gasteiger partial charge in [-0.25, -0.2) is 4.39 Å². The Bertz CT molecular complexity index is 755. The Balaban J connectivity index is 2.07. The quantitative estimate of drug-likeness (QED) is 0.694. The number of nitrogens with one attached hydrogen (secondary N) is 1. The molecule has 0 bridgehead atoms. The van der Waals surface area contributed by atoms with Crippen LogP contribution < -0.4 is 0 Å². The van der Waals surface area contributed by atoms with Gasteiger partial charge in [-0.1, -0.05) is 12.1 Å². The molecule has 0 aliphatic heterocycles. The number of hydrogen-bond acceptors (Lipinski definition) is 2. The second-order valence-corrected chi connectivity index (χ2v) is 5.99. The molecule has 0 aliphatic carbocycles. The van der Waals surface area contributed by atoms with Crippen LogP contribution in [0.3, 0.4) is 0 Å². The van der Waals surface area contributed by atoms with E-state index in [1.54, 1.807) is 17.4 Å². The summed E-state index contributed by atoms with van der Waals surface area (Å²) in [7, 11) is 0. The summed E-state index contributed by atoms with van der Waals surface area (Å²) in [4.78, 5) is 4.27. The lowest BCUT2D eigenvalue weighted by Crippen LogP contribution is -2.07. The molecule has 1 aromatic carbocycles. The number of benzene rings is 1. The largest absolute Gasteiger partial charge is 0.328 e. The Morgan fingerprint density at radius 3 is 2.95 bits per heavy atom. The molecule has 19 heavy (non-hydrogen) atoms. The van der Waals surface area contributed by atoms with Crippen LogP contribution >= 0.6 is 23.6 Å². The molecular weight excluding hydrogens is 279 g/mol. The number of aromatic nitrogens is 2. The summed E-state index contributed by atoms with van der Waals surface area (Å²) in [5, 5.41) is 2.07. The Morgan fingerprint density at radius 2 is 2.21 bits per heavy atom. The van der Waals surface area contributed by atoms with Crippen molar-refractivity contribution in [2.75, 3.05) is 0 Å². The number of imidazole rings is 1. The lowest BCUT2D eigenvalue weighted by Gasteiger charge is -2.13. The second-order valence-electron chi connectivity index (χ2n) is 4.57. The molecule has 3 rings (SSSR count). The fourth-order valence-electron chi connectivity index (χ4n) is 2.36. The van der Waals surface area contributed by atoms with Gasteiger partial charge in [-0.05, 0) is 42.7 Å². The van der Waals surface area contributed by atoms with Crippen LogP contribution in [0.25, 0.3) is 11.0 Å². The summed E-state index contributed by atoms with van der Waals surface area (Å²) in [6, 6.07) is 9.41. The smallest absolute Gasteiger partial charge is 0.178 e. The zero-order valence-corrected chi connectivity index (χ0v) is 12.0. The summed E-state index contributed by atoms with van der Waals surface area (Å²) < 4.78 is 16.3. The highest BCUT2D eigenvalue weighted by molar-refractivity contribution is 7.71. The van der Waals surface area contributed by atoms with Crippen LogP contribution in [0.5, 0.6) is 0 Å². The SMILES string of the molecule is CC(Cc1cccs1)n1c(=S)[nH]c2c(F)cccc21. The monoisotopic (exact) mass is 292 g/mol. The van der Waals surface area contributed by atoms with Crippen LogP contribution in [0.15, 0.2) is 35.7 Å². The van der Waals surface area contributed by atoms with Gasteiger partial charge in [0.15, 0.2) is 4.77 Å². The maximum absolute atomic E-state index is 13.7. The average Bonchev–Trinajstić information content (AvgIpc) is 2.96. The van der Waals surface area contributed by atoms with Crippen molar-refractivity contribution in [3.05, 3.63) is 51.2 Å². The third-order valence-corrected chi connectivity index (χ3v) is 4.42. The van der Waals surface area contributed by atoms with E-state index in [4.69, 9.17) is 12.2 Å². The first kappa shape index (κ1) is 12.6. The average molecular weight is 292 g/mol. The number of nitrogens with zero attached hydrogens (tertiary/aromatic N) is 1. The summed E-state index contributed by atoms with van der Waals surface area (Å²) in [5.74, 6) is -0.259. The highest BCUT2D eigenvalue weighted by Gasteiger charge is 2.14. The molecule has 98 valence electrons. The Kier molecular flexibility index (Phi) is 3.24. The van der Waals surface area contributed by atoms with Crippen LogP contribution in [0.4, 0.5) is 4.39 Å². The molecule has 0 radical (unpaired) electrons. The number of para-hydroxylation sites is 1. The van der Waals surface area contributed by atoms with Crippen molar-refractivity contribution in [1.82, 2.24) is 9.55 Å². The van der Waals surface area contributed by atoms with E-state index < -0.39 is 0 Å². The standard InChI is InChI=1S/C14H13FN2S2/c1-9(8-10-4-3-7-19-10)17-12-6-2-5-11(15)13(12)16-14(17)18/h2-7,9H,8H2,1H3,(H,16,18). The minimum Gasteiger partial charge on any atom is -0.328 e. The first-order valence-corrected chi connectivity index (χ1v) is 7.36. The van der Waals surface area contributed by atoms with E-state index in [0.717, 1.165) is 11.9 Å². The summed E-state index contributed by atoms with van der Waals surface area (Å²) in [6.45, 7) is 2.10. The minimum atomic E-state index is -0.259. The van der Waals surface area contributed by atoms with Gasteiger partial charge in [0.25, 0.3) is 0 Å². The lowest BCUT2D eigenvalue weighted by atomic mass is 10.2. The van der Waals surface area contributed by atoms with Gasteiger partial charge in [-0.15, -0.1) is 11.3 Å².